The van der Waals surface area contributed by atoms with Gasteiger partial charge in [0.15, 0.2) is 17.4 Å². The van der Waals surface area contributed by atoms with Gasteiger partial charge >= 0.3 is 0 Å². The minimum Gasteiger partial charge on any atom is -0.486 e. The molecule has 2 atom stereocenters. The molecule has 0 amide bonds. The molecule has 5 rings (SSSR count). The van der Waals surface area contributed by atoms with E-state index >= 15 is 4.39 Å². The van der Waals surface area contributed by atoms with Gasteiger partial charge in [-0.3, -0.25) is 4.98 Å². The molecule has 1 fully saturated rings. The van der Waals surface area contributed by atoms with Crippen LogP contribution in [0.25, 0.3) is 11.3 Å². The average Bonchev–Trinajstić information content (AvgIpc) is 2.91. The molecule has 2 aromatic heterocycles. The summed E-state index contributed by atoms with van der Waals surface area (Å²) in [7, 11) is 2.18. The van der Waals surface area contributed by atoms with Gasteiger partial charge in [0.25, 0.3) is 0 Å². The van der Waals surface area contributed by atoms with Crippen molar-refractivity contribution in [3.05, 3.63) is 65.4 Å². The van der Waals surface area contributed by atoms with Crippen LogP contribution in [0.2, 0.25) is 0 Å². The van der Waals surface area contributed by atoms with Gasteiger partial charge < -0.3 is 14.5 Å². The lowest BCUT2D eigenvalue weighted by molar-refractivity contribution is 0.0941. The standard InChI is InChI=1S/C30H37F2N5O/c1-6-19(2)37-11-12-38-29-24(31)13-22(14-26(29)37)28-25(32)18-34-27(35-28)15-23-8-7-21(17-33-23)20-9-10-36(5)30(3,4)16-20/h7-8,13-14,17-20H,6,9-12,15-16H2,1-5H3. The fourth-order valence-corrected chi connectivity index (χ4v) is 5.55. The van der Waals surface area contributed by atoms with Gasteiger partial charge in [-0.25, -0.2) is 18.7 Å². The molecule has 2 aliphatic rings. The summed E-state index contributed by atoms with van der Waals surface area (Å²) in [6, 6.07) is 7.42. The zero-order valence-corrected chi connectivity index (χ0v) is 23.0. The minimum absolute atomic E-state index is 0.0801. The number of rotatable bonds is 6. The van der Waals surface area contributed by atoms with Crippen LogP contribution in [-0.2, 0) is 6.42 Å². The van der Waals surface area contributed by atoms with Gasteiger partial charge in [0, 0.05) is 29.0 Å². The molecule has 0 saturated carbocycles. The second kappa shape index (κ2) is 10.6. The molecule has 1 saturated heterocycles. The molecule has 2 unspecified atom stereocenters. The minimum atomic E-state index is -0.590. The van der Waals surface area contributed by atoms with Crippen molar-refractivity contribution in [2.75, 3.05) is 31.6 Å². The van der Waals surface area contributed by atoms with Crippen LogP contribution in [0.3, 0.4) is 0 Å². The topological polar surface area (TPSA) is 54.4 Å². The Balaban J connectivity index is 1.38. The van der Waals surface area contributed by atoms with E-state index in [1.54, 1.807) is 6.07 Å². The molecular formula is C30H37F2N5O. The number of aromatic nitrogens is 3. The maximum Gasteiger partial charge on any atom is 0.178 e. The summed E-state index contributed by atoms with van der Waals surface area (Å²) in [4.78, 5) is 17.9. The van der Waals surface area contributed by atoms with Gasteiger partial charge in [0.1, 0.15) is 18.1 Å². The normalized spacial score (nSPS) is 20.1. The quantitative estimate of drug-likeness (QED) is 0.397. The molecule has 6 nitrogen and oxygen atoms in total. The summed E-state index contributed by atoms with van der Waals surface area (Å²) < 4.78 is 35.6. The zero-order valence-electron chi connectivity index (χ0n) is 23.0. The smallest absolute Gasteiger partial charge is 0.178 e. The Bertz CT molecular complexity index is 1300. The van der Waals surface area contributed by atoms with Crippen LogP contribution < -0.4 is 9.64 Å². The lowest BCUT2D eigenvalue weighted by atomic mass is 9.80. The van der Waals surface area contributed by atoms with E-state index in [2.05, 4.69) is 65.6 Å². The molecule has 202 valence electrons. The molecule has 8 heteroatoms. The maximum atomic E-state index is 15.1. The Morgan fingerprint density at radius 2 is 1.92 bits per heavy atom. The summed E-state index contributed by atoms with van der Waals surface area (Å²) in [6.07, 6.45) is 6.58. The van der Waals surface area contributed by atoms with Gasteiger partial charge in [0.2, 0.25) is 0 Å². The van der Waals surface area contributed by atoms with Gasteiger partial charge in [0.05, 0.1) is 24.8 Å². The Hall–Kier alpha value is -3.13. The average molecular weight is 522 g/mol. The fraction of sp³-hybridized carbons (Fsp3) is 0.500. The molecule has 38 heavy (non-hydrogen) atoms. The Labute approximate surface area is 224 Å². The Morgan fingerprint density at radius 3 is 2.63 bits per heavy atom. The monoisotopic (exact) mass is 521 g/mol. The fourth-order valence-electron chi connectivity index (χ4n) is 5.55. The van der Waals surface area contributed by atoms with Crippen LogP contribution in [-0.4, -0.2) is 58.2 Å². The van der Waals surface area contributed by atoms with Crippen molar-refractivity contribution < 1.29 is 13.5 Å². The number of ether oxygens (including phenoxy) is 1. The third-order valence-electron chi connectivity index (χ3n) is 8.35. The van der Waals surface area contributed by atoms with Crippen LogP contribution >= 0.6 is 0 Å². The molecule has 0 radical (unpaired) electrons. The van der Waals surface area contributed by atoms with E-state index in [0.29, 0.717) is 42.6 Å². The number of hydrogen-bond acceptors (Lipinski definition) is 6. The first-order valence-electron chi connectivity index (χ1n) is 13.6. The second-order valence-corrected chi connectivity index (χ2v) is 11.3. The highest BCUT2D eigenvalue weighted by Crippen LogP contribution is 2.40. The summed E-state index contributed by atoms with van der Waals surface area (Å²) in [5.41, 5.74) is 3.30. The van der Waals surface area contributed by atoms with Crippen molar-refractivity contribution in [3.63, 3.8) is 0 Å². The third kappa shape index (κ3) is 5.23. The number of likely N-dealkylation sites (tertiary alicyclic amines) is 1. The van der Waals surface area contributed by atoms with Gasteiger partial charge in [-0.15, -0.1) is 0 Å². The first-order valence-corrected chi connectivity index (χ1v) is 13.6. The number of benzene rings is 1. The van der Waals surface area contributed by atoms with E-state index in [9.17, 15) is 4.39 Å². The molecule has 1 aromatic carbocycles. The first kappa shape index (κ1) is 26.5. The van der Waals surface area contributed by atoms with Crippen LogP contribution in [0.4, 0.5) is 14.5 Å². The summed E-state index contributed by atoms with van der Waals surface area (Å²) >= 11 is 0. The highest BCUT2D eigenvalue weighted by Gasteiger charge is 2.33. The molecule has 3 aromatic rings. The van der Waals surface area contributed by atoms with E-state index in [-0.39, 0.29) is 23.0 Å². The second-order valence-electron chi connectivity index (χ2n) is 11.3. The molecule has 0 bridgehead atoms. The lowest BCUT2D eigenvalue weighted by Crippen LogP contribution is -2.46. The maximum absolute atomic E-state index is 15.1. The predicted molar refractivity (Wildman–Crippen MR) is 146 cm³/mol. The number of nitrogens with zero attached hydrogens (tertiary/aromatic N) is 5. The van der Waals surface area contributed by atoms with Crippen molar-refractivity contribution in [2.45, 2.75) is 70.9 Å². The van der Waals surface area contributed by atoms with Gasteiger partial charge in [-0.1, -0.05) is 13.0 Å². The van der Waals surface area contributed by atoms with E-state index in [1.807, 2.05) is 12.3 Å². The zero-order chi connectivity index (χ0) is 27.0. The van der Waals surface area contributed by atoms with E-state index in [1.165, 1.54) is 11.6 Å². The SMILES string of the molecule is CCC(C)N1CCOc2c(F)cc(-c3nc(Cc4ccc(C5CCN(C)C(C)(C)C5)cn4)ncc3F)cc21. The molecular weight excluding hydrogens is 484 g/mol. The lowest BCUT2D eigenvalue weighted by Gasteiger charge is -2.43. The van der Waals surface area contributed by atoms with Gasteiger partial charge in [-0.2, -0.15) is 0 Å². The molecule has 0 spiro atoms. The molecule has 4 heterocycles. The Morgan fingerprint density at radius 1 is 1.11 bits per heavy atom. The van der Waals surface area contributed by atoms with Crippen molar-refractivity contribution in [2.24, 2.45) is 0 Å². The number of fused-ring (bicyclic) bond motifs is 1. The van der Waals surface area contributed by atoms with E-state index < -0.39 is 11.6 Å². The highest BCUT2D eigenvalue weighted by atomic mass is 19.1. The summed E-state index contributed by atoms with van der Waals surface area (Å²) in [5, 5.41) is 0. The largest absolute Gasteiger partial charge is 0.486 e. The van der Waals surface area contributed by atoms with Crippen LogP contribution in [0, 0.1) is 11.6 Å². The number of pyridine rings is 1. The van der Waals surface area contributed by atoms with Crippen LogP contribution in [0.1, 0.15) is 70.0 Å². The highest BCUT2D eigenvalue weighted by molar-refractivity contribution is 5.72. The van der Waals surface area contributed by atoms with Gasteiger partial charge in [-0.05, 0) is 83.3 Å². The molecule has 0 aliphatic carbocycles. The van der Waals surface area contributed by atoms with Crippen LogP contribution in [0.15, 0.2) is 36.7 Å². The van der Waals surface area contributed by atoms with E-state index in [4.69, 9.17) is 4.74 Å². The number of hydrogen-bond donors (Lipinski definition) is 0. The summed E-state index contributed by atoms with van der Waals surface area (Å²) in [6.45, 7) is 10.9. The first-order chi connectivity index (χ1) is 18.2. The molecule has 0 N–H and O–H groups in total. The molecule has 2 aliphatic heterocycles. The number of halogens is 2. The van der Waals surface area contributed by atoms with Crippen molar-refractivity contribution in [3.8, 4) is 17.0 Å². The number of piperidine rings is 1. The van der Waals surface area contributed by atoms with E-state index in [0.717, 1.165) is 37.7 Å². The van der Waals surface area contributed by atoms with Crippen molar-refractivity contribution in [1.29, 1.82) is 0 Å². The summed E-state index contributed by atoms with van der Waals surface area (Å²) in [5.74, 6) is 0.0318. The van der Waals surface area contributed by atoms with Crippen LogP contribution in [0.5, 0.6) is 5.75 Å². The van der Waals surface area contributed by atoms with Crippen molar-refractivity contribution in [1.82, 2.24) is 19.9 Å². The van der Waals surface area contributed by atoms with Crippen molar-refractivity contribution >= 4 is 5.69 Å². The Kier molecular flexibility index (Phi) is 7.36. The predicted octanol–water partition coefficient (Wildman–Crippen LogP) is 5.99. The number of anilines is 1. The third-order valence-corrected chi connectivity index (χ3v) is 8.35.